The first-order valence-electron chi connectivity index (χ1n) is 9.72. The average Bonchev–Trinajstić information content (AvgIpc) is 3.21. The highest BCUT2D eigenvalue weighted by Crippen LogP contribution is 2.29. The van der Waals surface area contributed by atoms with Gasteiger partial charge in [-0.05, 0) is 48.7 Å². The van der Waals surface area contributed by atoms with E-state index in [0.29, 0.717) is 21.0 Å². The number of methoxy groups -OCH3 is 2. The zero-order valence-electron chi connectivity index (χ0n) is 18.2. The van der Waals surface area contributed by atoms with E-state index in [1.807, 2.05) is 32.0 Å². The fourth-order valence-electron chi connectivity index (χ4n) is 2.84. The van der Waals surface area contributed by atoms with Crippen LogP contribution in [0.25, 0.3) is 0 Å². The van der Waals surface area contributed by atoms with Crippen molar-refractivity contribution in [3.05, 3.63) is 53.1 Å². The first-order chi connectivity index (χ1) is 15.4. The number of nitrogens with one attached hydrogen (secondary N) is 2. The molecule has 2 amide bonds. The molecule has 0 saturated heterocycles. The first-order valence-corrected chi connectivity index (χ1v) is 11.5. The number of nitrogens with zero attached hydrogens (tertiary/aromatic N) is 2. The zero-order valence-corrected chi connectivity index (χ0v) is 19.9. The molecule has 8 nitrogen and oxygen atoms in total. The molecule has 168 valence electrons. The minimum atomic E-state index is -0.224. The van der Waals surface area contributed by atoms with E-state index in [-0.39, 0.29) is 24.0 Å². The summed E-state index contributed by atoms with van der Waals surface area (Å²) >= 11 is 2.49. The summed E-state index contributed by atoms with van der Waals surface area (Å²) in [7, 11) is 3.10. The molecule has 3 aromatic rings. The molecule has 0 aliphatic carbocycles. The Bertz CT molecular complexity index is 1120. The van der Waals surface area contributed by atoms with Gasteiger partial charge in [0.05, 0.1) is 26.4 Å². The zero-order chi connectivity index (χ0) is 23.1. The molecule has 3 rings (SSSR count). The van der Waals surface area contributed by atoms with E-state index in [0.717, 1.165) is 22.4 Å². The minimum Gasteiger partial charge on any atom is -0.493 e. The molecule has 2 aromatic carbocycles. The minimum absolute atomic E-state index is 0.127. The van der Waals surface area contributed by atoms with E-state index in [9.17, 15) is 9.59 Å². The largest absolute Gasteiger partial charge is 0.493 e. The van der Waals surface area contributed by atoms with Gasteiger partial charge < -0.3 is 20.1 Å². The maximum Gasteiger partial charge on any atom is 0.234 e. The Balaban J connectivity index is 1.50. The van der Waals surface area contributed by atoms with Gasteiger partial charge in [0.2, 0.25) is 16.9 Å². The number of amides is 2. The second kappa shape index (κ2) is 11.0. The third-order valence-corrected chi connectivity index (χ3v) is 6.43. The third-order valence-electron chi connectivity index (χ3n) is 4.46. The molecule has 0 unspecified atom stereocenters. The van der Waals surface area contributed by atoms with Crippen molar-refractivity contribution in [3.63, 3.8) is 0 Å². The van der Waals surface area contributed by atoms with Gasteiger partial charge in [0, 0.05) is 5.69 Å². The Hall–Kier alpha value is -3.11. The topological polar surface area (TPSA) is 102 Å². The summed E-state index contributed by atoms with van der Waals surface area (Å²) in [5, 5.41) is 14.1. The maximum atomic E-state index is 12.4. The predicted molar refractivity (Wildman–Crippen MR) is 127 cm³/mol. The lowest BCUT2D eigenvalue weighted by molar-refractivity contribution is -0.115. The van der Waals surface area contributed by atoms with E-state index in [1.54, 1.807) is 32.4 Å². The number of ether oxygens (including phenoxy) is 2. The number of benzene rings is 2. The van der Waals surface area contributed by atoms with Crippen molar-refractivity contribution in [1.29, 1.82) is 0 Å². The average molecular weight is 473 g/mol. The lowest BCUT2D eigenvalue weighted by Crippen LogP contribution is -2.14. The van der Waals surface area contributed by atoms with Crippen LogP contribution >= 0.6 is 23.1 Å². The molecule has 0 saturated carbocycles. The summed E-state index contributed by atoms with van der Waals surface area (Å²) in [6, 6.07) is 11.2. The highest BCUT2D eigenvalue weighted by molar-refractivity contribution is 8.01. The standard InChI is InChI=1S/C22H24N4O4S2/c1-13-5-6-14(2)16(9-13)23-20(28)12-31-22-26-25-21(32-22)24-19(27)11-15-7-8-17(29-3)18(10-15)30-4/h5-10H,11-12H2,1-4H3,(H,23,28)(H,24,25,27). The van der Waals surface area contributed by atoms with Crippen molar-refractivity contribution in [2.45, 2.75) is 24.6 Å². The molecule has 32 heavy (non-hydrogen) atoms. The molecule has 0 aliphatic heterocycles. The van der Waals surface area contributed by atoms with E-state index >= 15 is 0 Å². The van der Waals surface area contributed by atoms with Gasteiger partial charge in [-0.1, -0.05) is 41.3 Å². The summed E-state index contributed by atoms with van der Waals surface area (Å²) < 4.78 is 11.1. The van der Waals surface area contributed by atoms with Gasteiger partial charge in [-0.3, -0.25) is 9.59 Å². The smallest absolute Gasteiger partial charge is 0.234 e. The van der Waals surface area contributed by atoms with Crippen molar-refractivity contribution >= 4 is 45.7 Å². The van der Waals surface area contributed by atoms with Crippen molar-refractivity contribution < 1.29 is 19.1 Å². The second-order valence-corrected chi connectivity index (χ2v) is 9.14. The van der Waals surface area contributed by atoms with E-state index in [4.69, 9.17) is 9.47 Å². The van der Waals surface area contributed by atoms with Crippen LogP contribution in [0.4, 0.5) is 10.8 Å². The quantitative estimate of drug-likeness (QED) is 0.357. The van der Waals surface area contributed by atoms with Crippen LogP contribution in [0, 0.1) is 13.8 Å². The molecular formula is C22H24N4O4S2. The van der Waals surface area contributed by atoms with Crippen molar-refractivity contribution in [2.75, 3.05) is 30.6 Å². The van der Waals surface area contributed by atoms with Crippen LogP contribution in [0.1, 0.15) is 16.7 Å². The molecule has 0 atom stereocenters. The lowest BCUT2D eigenvalue weighted by atomic mass is 10.1. The number of carbonyl (C=O) groups excluding carboxylic acids is 2. The van der Waals surface area contributed by atoms with Crippen LogP contribution < -0.4 is 20.1 Å². The highest BCUT2D eigenvalue weighted by Gasteiger charge is 2.13. The van der Waals surface area contributed by atoms with Crippen LogP contribution in [0.3, 0.4) is 0 Å². The first kappa shape index (κ1) is 23.6. The Morgan fingerprint density at radius 2 is 1.75 bits per heavy atom. The van der Waals surface area contributed by atoms with Gasteiger partial charge in [0.1, 0.15) is 0 Å². The van der Waals surface area contributed by atoms with Crippen LogP contribution in [-0.2, 0) is 16.0 Å². The van der Waals surface area contributed by atoms with Crippen LogP contribution in [0.2, 0.25) is 0 Å². The molecule has 0 spiro atoms. The number of hydrogen-bond acceptors (Lipinski definition) is 8. The number of thioether (sulfide) groups is 1. The molecular weight excluding hydrogens is 448 g/mol. The Kier molecular flexibility index (Phi) is 8.07. The number of carbonyl (C=O) groups is 2. The number of rotatable bonds is 9. The third kappa shape index (κ3) is 6.44. The summed E-state index contributed by atoms with van der Waals surface area (Å²) in [5.74, 6) is 1.01. The van der Waals surface area contributed by atoms with Gasteiger partial charge in [-0.15, -0.1) is 10.2 Å². The van der Waals surface area contributed by atoms with Gasteiger partial charge in [0.25, 0.3) is 0 Å². The number of anilines is 2. The van der Waals surface area contributed by atoms with E-state index in [1.165, 1.54) is 23.1 Å². The number of aromatic nitrogens is 2. The molecule has 1 aromatic heterocycles. The second-order valence-electron chi connectivity index (χ2n) is 6.94. The summed E-state index contributed by atoms with van der Waals surface area (Å²) in [5.41, 5.74) is 3.67. The summed E-state index contributed by atoms with van der Waals surface area (Å²) in [4.78, 5) is 24.6. The number of aryl methyl sites for hydroxylation is 2. The van der Waals surface area contributed by atoms with Gasteiger partial charge >= 0.3 is 0 Å². The monoisotopic (exact) mass is 472 g/mol. The summed E-state index contributed by atoms with van der Waals surface area (Å²) in [6.45, 7) is 3.93. The molecule has 0 radical (unpaired) electrons. The molecule has 10 heteroatoms. The lowest BCUT2D eigenvalue weighted by Gasteiger charge is -2.09. The summed E-state index contributed by atoms with van der Waals surface area (Å²) in [6.07, 6.45) is 0.153. The van der Waals surface area contributed by atoms with Crippen LogP contribution in [0.15, 0.2) is 40.7 Å². The van der Waals surface area contributed by atoms with Crippen molar-refractivity contribution in [3.8, 4) is 11.5 Å². The van der Waals surface area contributed by atoms with Crippen molar-refractivity contribution in [1.82, 2.24) is 10.2 Å². The Morgan fingerprint density at radius 3 is 2.50 bits per heavy atom. The highest BCUT2D eigenvalue weighted by atomic mass is 32.2. The number of hydrogen-bond donors (Lipinski definition) is 2. The molecule has 0 fully saturated rings. The molecule has 2 N–H and O–H groups in total. The predicted octanol–water partition coefficient (Wildman–Crippen LogP) is 4.08. The molecule has 0 aliphatic rings. The Labute approximate surface area is 194 Å². The molecule has 1 heterocycles. The normalized spacial score (nSPS) is 10.5. The van der Waals surface area contributed by atoms with Crippen molar-refractivity contribution in [2.24, 2.45) is 0 Å². The van der Waals surface area contributed by atoms with Gasteiger partial charge in [-0.2, -0.15) is 0 Å². The fourth-order valence-corrected chi connectivity index (χ4v) is 4.41. The Morgan fingerprint density at radius 1 is 0.969 bits per heavy atom. The van der Waals surface area contributed by atoms with E-state index < -0.39 is 0 Å². The molecule has 0 bridgehead atoms. The van der Waals surface area contributed by atoms with E-state index in [2.05, 4.69) is 20.8 Å². The SMILES string of the molecule is COc1ccc(CC(=O)Nc2nnc(SCC(=O)Nc3cc(C)ccc3C)s2)cc1OC. The maximum absolute atomic E-state index is 12.4. The van der Waals surface area contributed by atoms with Gasteiger partial charge in [-0.25, -0.2) is 0 Å². The fraction of sp³-hybridized carbons (Fsp3) is 0.273. The van der Waals surface area contributed by atoms with Crippen LogP contribution in [0.5, 0.6) is 11.5 Å². The van der Waals surface area contributed by atoms with Crippen LogP contribution in [-0.4, -0.2) is 42.0 Å². The van der Waals surface area contributed by atoms with Gasteiger partial charge in [0.15, 0.2) is 15.8 Å².